The highest BCUT2D eigenvalue weighted by Crippen LogP contribution is 2.27. The Bertz CT molecular complexity index is 557. The quantitative estimate of drug-likeness (QED) is 0.871. The second kappa shape index (κ2) is 6.29. The van der Waals surface area contributed by atoms with Crippen LogP contribution in [0.5, 0.6) is 0 Å². The Labute approximate surface area is 125 Å². The van der Waals surface area contributed by atoms with Crippen molar-refractivity contribution in [2.75, 3.05) is 17.7 Å². The van der Waals surface area contributed by atoms with E-state index in [0.29, 0.717) is 5.95 Å². The van der Waals surface area contributed by atoms with Gasteiger partial charge in [0.15, 0.2) is 0 Å². The fourth-order valence-corrected chi connectivity index (χ4v) is 2.71. The van der Waals surface area contributed by atoms with Crippen LogP contribution in [-0.4, -0.2) is 22.0 Å². The summed E-state index contributed by atoms with van der Waals surface area (Å²) in [7, 11) is 1.80. The highest BCUT2D eigenvalue weighted by atomic mass is 79.9. The maximum absolute atomic E-state index is 4.44. The molecule has 0 amide bonds. The van der Waals surface area contributed by atoms with Crippen LogP contribution in [0.4, 0.5) is 11.8 Å². The summed E-state index contributed by atoms with van der Waals surface area (Å²) in [5, 5.41) is 7.34. The van der Waals surface area contributed by atoms with E-state index in [1.807, 2.05) is 6.20 Å². The number of nitrogens with one attached hydrogen (secondary N) is 2. The molecule has 0 saturated carbocycles. The van der Waals surface area contributed by atoms with Crippen LogP contribution in [0.1, 0.15) is 29.8 Å². The lowest BCUT2D eigenvalue weighted by Crippen LogP contribution is -2.09. The molecule has 1 atom stereocenters. The van der Waals surface area contributed by atoms with Crippen molar-refractivity contribution in [2.24, 2.45) is 0 Å². The van der Waals surface area contributed by atoms with E-state index < -0.39 is 0 Å². The van der Waals surface area contributed by atoms with Gasteiger partial charge >= 0.3 is 0 Å². The molecule has 0 spiro atoms. The standard InChI is InChI=1S/C12H16BrN5S/c1-4-8-5-15-11(19-8)7(2)17-10-9(13)6-16-12(14-3)18-10/h5-7H,4H2,1-3H3,(H2,14,16,17,18). The molecule has 0 aliphatic carbocycles. The van der Waals surface area contributed by atoms with Gasteiger partial charge in [-0.15, -0.1) is 11.3 Å². The van der Waals surface area contributed by atoms with Crippen molar-refractivity contribution >= 4 is 39.0 Å². The Morgan fingerprint density at radius 2 is 2.16 bits per heavy atom. The largest absolute Gasteiger partial charge is 0.360 e. The molecule has 0 bridgehead atoms. The Kier molecular flexibility index (Phi) is 4.71. The fraction of sp³-hybridized carbons (Fsp3) is 0.417. The molecule has 0 aliphatic rings. The van der Waals surface area contributed by atoms with E-state index >= 15 is 0 Å². The predicted octanol–water partition coefficient (Wildman–Crippen LogP) is 3.47. The minimum atomic E-state index is 0.112. The highest BCUT2D eigenvalue weighted by molar-refractivity contribution is 9.10. The van der Waals surface area contributed by atoms with Crippen LogP contribution >= 0.6 is 27.3 Å². The number of anilines is 2. The van der Waals surface area contributed by atoms with E-state index in [1.165, 1.54) is 4.88 Å². The topological polar surface area (TPSA) is 62.7 Å². The summed E-state index contributed by atoms with van der Waals surface area (Å²) in [6.07, 6.45) is 4.69. The number of nitrogens with zero attached hydrogens (tertiary/aromatic N) is 3. The van der Waals surface area contributed by atoms with Crippen molar-refractivity contribution in [3.63, 3.8) is 0 Å². The predicted molar refractivity (Wildman–Crippen MR) is 82.8 cm³/mol. The molecule has 2 rings (SSSR count). The number of thiazole rings is 1. The number of aromatic nitrogens is 3. The summed E-state index contributed by atoms with van der Waals surface area (Å²) in [5.41, 5.74) is 0. The van der Waals surface area contributed by atoms with Crippen LogP contribution in [0, 0.1) is 0 Å². The van der Waals surface area contributed by atoms with Crippen LogP contribution in [0.15, 0.2) is 16.9 Å². The second-order valence-corrected chi connectivity index (χ2v) is 6.03. The third-order valence-corrected chi connectivity index (χ3v) is 4.52. The monoisotopic (exact) mass is 341 g/mol. The number of aryl methyl sites for hydroxylation is 1. The van der Waals surface area contributed by atoms with Crippen LogP contribution in [-0.2, 0) is 6.42 Å². The minimum absolute atomic E-state index is 0.112. The van der Waals surface area contributed by atoms with Crippen LogP contribution in [0.3, 0.4) is 0 Å². The van der Waals surface area contributed by atoms with Crippen molar-refractivity contribution in [1.82, 2.24) is 15.0 Å². The van der Waals surface area contributed by atoms with Gasteiger partial charge < -0.3 is 10.6 Å². The van der Waals surface area contributed by atoms with Crippen molar-refractivity contribution in [1.29, 1.82) is 0 Å². The third-order valence-electron chi connectivity index (χ3n) is 2.61. The van der Waals surface area contributed by atoms with Crippen LogP contribution < -0.4 is 10.6 Å². The molecule has 2 aromatic rings. The zero-order valence-electron chi connectivity index (χ0n) is 11.1. The minimum Gasteiger partial charge on any atom is -0.360 e. The van der Waals surface area contributed by atoms with Gasteiger partial charge in [-0.2, -0.15) is 4.98 Å². The molecule has 7 heteroatoms. The van der Waals surface area contributed by atoms with E-state index in [-0.39, 0.29) is 6.04 Å². The number of hydrogen-bond acceptors (Lipinski definition) is 6. The summed E-state index contributed by atoms with van der Waals surface area (Å²) < 4.78 is 0.839. The lowest BCUT2D eigenvalue weighted by atomic mass is 10.3. The van der Waals surface area contributed by atoms with Crippen molar-refractivity contribution in [2.45, 2.75) is 26.3 Å². The summed E-state index contributed by atoms with van der Waals surface area (Å²) in [5.74, 6) is 1.35. The average Bonchev–Trinajstić information content (AvgIpc) is 2.90. The van der Waals surface area contributed by atoms with Crippen molar-refractivity contribution < 1.29 is 0 Å². The molecule has 2 N–H and O–H groups in total. The summed E-state index contributed by atoms with van der Waals surface area (Å²) in [6.45, 7) is 4.21. The molecule has 0 aromatic carbocycles. The van der Waals surface area contributed by atoms with Gasteiger partial charge in [0.05, 0.1) is 10.5 Å². The zero-order valence-corrected chi connectivity index (χ0v) is 13.5. The molecular weight excluding hydrogens is 326 g/mol. The first-order valence-electron chi connectivity index (χ1n) is 6.05. The van der Waals surface area contributed by atoms with E-state index in [1.54, 1.807) is 24.6 Å². The second-order valence-electron chi connectivity index (χ2n) is 4.02. The summed E-state index contributed by atoms with van der Waals surface area (Å²) in [6, 6.07) is 0.112. The first-order chi connectivity index (χ1) is 9.13. The summed E-state index contributed by atoms with van der Waals surface area (Å²) >= 11 is 5.18. The van der Waals surface area contributed by atoms with E-state index in [0.717, 1.165) is 21.7 Å². The SMILES string of the molecule is CCc1cnc(C(C)Nc2nc(NC)ncc2Br)s1. The van der Waals surface area contributed by atoms with E-state index in [2.05, 4.69) is 55.4 Å². The number of hydrogen-bond donors (Lipinski definition) is 2. The molecule has 5 nitrogen and oxygen atoms in total. The van der Waals surface area contributed by atoms with Gasteiger partial charge in [0, 0.05) is 24.3 Å². The Balaban J connectivity index is 2.15. The zero-order chi connectivity index (χ0) is 13.8. The molecule has 2 aromatic heterocycles. The van der Waals surface area contributed by atoms with Gasteiger partial charge in [0.2, 0.25) is 5.95 Å². The van der Waals surface area contributed by atoms with Crippen LogP contribution in [0.25, 0.3) is 0 Å². The van der Waals surface area contributed by atoms with E-state index in [9.17, 15) is 0 Å². The molecule has 19 heavy (non-hydrogen) atoms. The third kappa shape index (κ3) is 3.42. The maximum Gasteiger partial charge on any atom is 0.224 e. The molecule has 0 radical (unpaired) electrons. The normalized spacial score (nSPS) is 12.2. The van der Waals surface area contributed by atoms with Gasteiger partial charge in [0.25, 0.3) is 0 Å². The smallest absolute Gasteiger partial charge is 0.224 e. The van der Waals surface area contributed by atoms with Gasteiger partial charge in [0.1, 0.15) is 10.8 Å². The first kappa shape index (κ1) is 14.2. The molecule has 2 heterocycles. The Morgan fingerprint density at radius 3 is 2.79 bits per heavy atom. The van der Waals surface area contributed by atoms with Gasteiger partial charge in [-0.25, -0.2) is 9.97 Å². The van der Waals surface area contributed by atoms with Gasteiger partial charge in [-0.3, -0.25) is 0 Å². The van der Waals surface area contributed by atoms with Crippen molar-refractivity contribution in [3.8, 4) is 0 Å². The maximum atomic E-state index is 4.44. The van der Waals surface area contributed by atoms with E-state index in [4.69, 9.17) is 0 Å². The molecule has 0 aliphatic heterocycles. The molecule has 102 valence electrons. The fourth-order valence-electron chi connectivity index (χ4n) is 1.54. The number of halogens is 1. The summed E-state index contributed by atoms with van der Waals surface area (Å²) in [4.78, 5) is 14.2. The average molecular weight is 342 g/mol. The lowest BCUT2D eigenvalue weighted by molar-refractivity contribution is 0.857. The van der Waals surface area contributed by atoms with Crippen LogP contribution in [0.2, 0.25) is 0 Å². The Morgan fingerprint density at radius 1 is 1.37 bits per heavy atom. The molecule has 0 saturated heterocycles. The first-order valence-corrected chi connectivity index (χ1v) is 7.66. The van der Waals surface area contributed by atoms with Crippen molar-refractivity contribution in [3.05, 3.63) is 26.8 Å². The Hall–Kier alpha value is -1.21. The molecule has 0 fully saturated rings. The lowest BCUT2D eigenvalue weighted by Gasteiger charge is -2.13. The molecule has 1 unspecified atom stereocenters. The molecular formula is C12H16BrN5S. The number of rotatable bonds is 5. The highest BCUT2D eigenvalue weighted by Gasteiger charge is 2.13. The van der Waals surface area contributed by atoms with Gasteiger partial charge in [-0.1, -0.05) is 6.92 Å². The van der Waals surface area contributed by atoms with Gasteiger partial charge in [-0.05, 0) is 29.3 Å².